The van der Waals surface area contributed by atoms with Gasteiger partial charge < -0.3 is 14.9 Å². The zero-order chi connectivity index (χ0) is 18.4. The van der Waals surface area contributed by atoms with Gasteiger partial charge >= 0.3 is 0 Å². The van der Waals surface area contributed by atoms with E-state index < -0.39 is 0 Å². The zero-order valence-corrected chi connectivity index (χ0v) is 15.2. The molecule has 1 aromatic carbocycles. The summed E-state index contributed by atoms with van der Waals surface area (Å²) in [4.78, 5) is 21.4. The maximum atomic E-state index is 12.1. The molecule has 0 aliphatic carbocycles. The number of hydrogen-bond donors (Lipinski definition) is 1. The van der Waals surface area contributed by atoms with Crippen LogP contribution in [0, 0.1) is 20.8 Å². The second-order valence-electron chi connectivity index (χ2n) is 5.66. The van der Waals surface area contributed by atoms with Crippen molar-refractivity contribution in [3.63, 3.8) is 0 Å². The highest BCUT2D eigenvalue weighted by Crippen LogP contribution is 2.20. The molecule has 0 spiro atoms. The number of carbonyl (C=O) groups excluding carboxylic acids is 1. The molecule has 1 N–H and O–H groups in total. The first-order chi connectivity index (χ1) is 12.0. The van der Waals surface area contributed by atoms with Crippen LogP contribution in [0.15, 0.2) is 35.5 Å². The van der Waals surface area contributed by atoms with Crippen LogP contribution >= 0.6 is 0 Å². The Morgan fingerprint density at radius 1 is 1.20 bits per heavy atom. The third kappa shape index (κ3) is 4.35. The van der Waals surface area contributed by atoms with Gasteiger partial charge in [-0.05, 0) is 38.0 Å². The molecule has 0 saturated carbocycles. The van der Waals surface area contributed by atoms with Crippen LogP contribution in [0.1, 0.15) is 27.9 Å². The molecule has 25 heavy (non-hydrogen) atoms. The Balaban J connectivity index is 2.31. The molecule has 0 unspecified atom stereocenters. The number of nitrogens with one attached hydrogen (secondary N) is 1. The van der Waals surface area contributed by atoms with Crippen molar-refractivity contribution in [3.8, 4) is 5.88 Å². The standard InChI is InChI=1S/C19H23N3O3/c1-12-10-13(2)19(21-14(12)3)25-11-15-8-6-7-9-16(15)17(22-24-5)18(23)20-4/h6-10H,11H2,1-5H3,(H,20,23)/b22-17-. The highest BCUT2D eigenvalue weighted by atomic mass is 16.6. The Labute approximate surface area is 147 Å². The molecule has 0 radical (unpaired) electrons. The summed E-state index contributed by atoms with van der Waals surface area (Å²) in [7, 11) is 2.96. The summed E-state index contributed by atoms with van der Waals surface area (Å²) in [6.07, 6.45) is 0. The quantitative estimate of drug-likeness (QED) is 0.648. The van der Waals surface area contributed by atoms with Crippen LogP contribution in [-0.4, -0.2) is 30.8 Å². The molecule has 2 aromatic rings. The highest BCUT2D eigenvalue weighted by Gasteiger charge is 2.17. The third-order valence-electron chi connectivity index (χ3n) is 3.87. The number of aryl methyl sites for hydroxylation is 3. The van der Waals surface area contributed by atoms with Crippen LogP contribution < -0.4 is 10.1 Å². The van der Waals surface area contributed by atoms with E-state index in [4.69, 9.17) is 9.57 Å². The van der Waals surface area contributed by atoms with E-state index in [0.29, 0.717) is 11.4 Å². The summed E-state index contributed by atoms with van der Waals surface area (Å²) >= 11 is 0. The number of aromatic nitrogens is 1. The highest BCUT2D eigenvalue weighted by molar-refractivity contribution is 6.45. The van der Waals surface area contributed by atoms with Gasteiger partial charge in [-0.2, -0.15) is 0 Å². The molecular weight excluding hydrogens is 318 g/mol. The largest absolute Gasteiger partial charge is 0.473 e. The van der Waals surface area contributed by atoms with E-state index in [2.05, 4.69) is 15.5 Å². The van der Waals surface area contributed by atoms with E-state index in [9.17, 15) is 4.79 Å². The fourth-order valence-electron chi connectivity index (χ4n) is 2.41. The molecule has 0 fully saturated rings. The van der Waals surface area contributed by atoms with Crippen LogP contribution in [0.2, 0.25) is 0 Å². The number of benzene rings is 1. The Hall–Kier alpha value is -2.89. The zero-order valence-electron chi connectivity index (χ0n) is 15.2. The predicted octanol–water partition coefficient (Wildman–Crippen LogP) is 2.68. The molecular formula is C19H23N3O3. The molecule has 132 valence electrons. The lowest BCUT2D eigenvalue weighted by atomic mass is 10.0. The second kappa shape index (κ2) is 8.28. The normalized spacial score (nSPS) is 11.2. The molecule has 6 heteroatoms. The maximum absolute atomic E-state index is 12.1. The first kappa shape index (κ1) is 18.4. The number of carbonyl (C=O) groups is 1. The van der Waals surface area contributed by atoms with Crippen molar-refractivity contribution in [2.24, 2.45) is 5.16 Å². The number of ether oxygens (including phenoxy) is 1. The summed E-state index contributed by atoms with van der Waals surface area (Å²) in [6.45, 7) is 6.20. The minimum Gasteiger partial charge on any atom is -0.473 e. The lowest BCUT2D eigenvalue weighted by Gasteiger charge is -2.13. The van der Waals surface area contributed by atoms with E-state index in [1.54, 1.807) is 7.05 Å². The predicted molar refractivity (Wildman–Crippen MR) is 96.8 cm³/mol. The van der Waals surface area contributed by atoms with Crippen molar-refractivity contribution < 1.29 is 14.4 Å². The van der Waals surface area contributed by atoms with Gasteiger partial charge in [-0.25, -0.2) is 4.98 Å². The van der Waals surface area contributed by atoms with E-state index in [1.165, 1.54) is 7.11 Å². The molecule has 2 rings (SSSR count). The Morgan fingerprint density at radius 2 is 1.92 bits per heavy atom. The molecule has 1 amide bonds. The summed E-state index contributed by atoms with van der Waals surface area (Å²) < 4.78 is 5.90. The van der Waals surface area contributed by atoms with Gasteiger partial charge in [0.2, 0.25) is 5.88 Å². The number of nitrogens with zero attached hydrogens (tertiary/aromatic N) is 2. The first-order valence-electron chi connectivity index (χ1n) is 7.97. The summed E-state index contributed by atoms with van der Waals surface area (Å²) in [5, 5.41) is 6.43. The molecule has 6 nitrogen and oxygen atoms in total. The maximum Gasteiger partial charge on any atom is 0.273 e. The summed E-state index contributed by atoms with van der Waals surface area (Å²) in [6, 6.07) is 9.47. The van der Waals surface area contributed by atoms with Crippen molar-refractivity contribution in [2.45, 2.75) is 27.4 Å². The van der Waals surface area contributed by atoms with Gasteiger partial charge in [0, 0.05) is 23.9 Å². The molecule has 0 aliphatic rings. The van der Waals surface area contributed by atoms with Crippen LogP contribution in [0.3, 0.4) is 0 Å². The Kier molecular flexibility index (Phi) is 6.11. The van der Waals surface area contributed by atoms with Crippen molar-refractivity contribution in [1.29, 1.82) is 0 Å². The number of rotatable bonds is 6. The first-order valence-corrected chi connectivity index (χ1v) is 7.97. The number of pyridine rings is 1. The van der Waals surface area contributed by atoms with Gasteiger partial charge in [0.15, 0.2) is 5.71 Å². The van der Waals surface area contributed by atoms with Gasteiger partial charge in [0.1, 0.15) is 13.7 Å². The Morgan fingerprint density at radius 3 is 2.60 bits per heavy atom. The SMILES string of the molecule is CNC(=O)/C(=N\OC)c1ccccc1COc1nc(C)c(C)cc1C. The smallest absolute Gasteiger partial charge is 0.273 e. The van der Waals surface area contributed by atoms with Crippen molar-refractivity contribution in [1.82, 2.24) is 10.3 Å². The molecule has 0 aliphatic heterocycles. The van der Waals surface area contributed by atoms with Crippen LogP contribution in [0.5, 0.6) is 5.88 Å². The number of likely N-dealkylation sites (N-methyl/N-ethyl adjacent to an activating group) is 1. The van der Waals surface area contributed by atoms with Gasteiger partial charge in [0.05, 0.1) is 0 Å². The lowest BCUT2D eigenvalue weighted by molar-refractivity contribution is -0.114. The van der Waals surface area contributed by atoms with Crippen LogP contribution in [-0.2, 0) is 16.2 Å². The summed E-state index contributed by atoms with van der Waals surface area (Å²) in [5.74, 6) is 0.262. The number of hydrogen-bond acceptors (Lipinski definition) is 5. The van der Waals surface area contributed by atoms with Gasteiger partial charge in [0.25, 0.3) is 5.91 Å². The van der Waals surface area contributed by atoms with Crippen LogP contribution in [0.4, 0.5) is 0 Å². The third-order valence-corrected chi connectivity index (χ3v) is 3.87. The van der Waals surface area contributed by atoms with Crippen molar-refractivity contribution >= 4 is 11.6 Å². The summed E-state index contributed by atoms with van der Waals surface area (Å²) in [5.41, 5.74) is 4.71. The minimum absolute atomic E-state index is 0.203. The van der Waals surface area contributed by atoms with Gasteiger partial charge in [-0.15, -0.1) is 0 Å². The van der Waals surface area contributed by atoms with Gasteiger partial charge in [-0.1, -0.05) is 29.4 Å². The van der Waals surface area contributed by atoms with Gasteiger partial charge in [-0.3, -0.25) is 4.79 Å². The lowest BCUT2D eigenvalue weighted by Crippen LogP contribution is -2.29. The average Bonchev–Trinajstić information content (AvgIpc) is 2.61. The van der Waals surface area contributed by atoms with E-state index >= 15 is 0 Å². The topological polar surface area (TPSA) is 72.8 Å². The van der Waals surface area contributed by atoms with Crippen LogP contribution in [0.25, 0.3) is 0 Å². The fourth-order valence-corrected chi connectivity index (χ4v) is 2.41. The fraction of sp³-hybridized carbons (Fsp3) is 0.316. The van der Waals surface area contributed by atoms with E-state index in [-0.39, 0.29) is 18.2 Å². The monoisotopic (exact) mass is 341 g/mol. The van der Waals surface area contributed by atoms with E-state index in [0.717, 1.165) is 22.4 Å². The van der Waals surface area contributed by atoms with Crippen molar-refractivity contribution in [2.75, 3.05) is 14.2 Å². The van der Waals surface area contributed by atoms with E-state index in [1.807, 2.05) is 51.1 Å². The molecule has 1 aromatic heterocycles. The molecule has 0 bridgehead atoms. The molecule has 0 saturated heterocycles. The van der Waals surface area contributed by atoms with Crippen molar-refractivity contribution in [3.05, 3.63) is 58.3 Å². The Bertz CT molecular complexity index is 800. The number of oxime groups is 1. The molecule has 0 atom stereocenters. The average molecular weight is 341 g/mol. The minimum atomic E-state index is -0.324. The second-order valence-corrected chi connectivity index (χ2v) is 5.66. The molecule has 1 heterocycles. The number of amides is 1.